The van der Waals surface area contributed by atoms with Gasteiger partial charge in [0.2, 0.25) is 5.72 Å². The fraction of sp³-hybridized carbons (Fsp3) is 0.250. The van der Waals surface area contributed by atoms with E-state index in [0.717, 1.165) is 23.5 Å². The largest absolute Gasteiger partial charge is 0.437 e. The maximum Gasteiger partial charge on any atom is 0.437 e. The van der Waals surface area contributed by atoms with Gasteiger partial charge in [-0.05, 0) is 29.2 Å². The number of Topliss-reactive ketones (excluding diaryl/α,β-unsaturated/α-hetero) is 1. The first kappa shape index (κ1) is 20.2. The average molecular weight is 431 g/mol. The van der Waals surface area contributed by atoms with Gasteiger partial charge < -0.3 is 15.7 Å². The molecule has 148 valence electrons. The second-order valence-electron chi connectivity index (χ2n) is 6.01. The van der Waals surface area contributed by atoms with E-state index in [0.29, 0.717) is 0 Å². The second-order valence-corrected chi connectivity index (χ2v) is 7.36. The Morgan fingerprint density at radius 1 is 1.29 bits per heavy atom. The Bertz CT molecular complexity index is 918. The first-order valence-corrected chi connectivity index (χ1v) is 9.03. The Balaban J connectivity index is 2.12. The molecular weight excluding hydrogens is 419 g/mol. The molecule has 1 aliphatic heterocycles. The van der Waals surface area contributed by atoms with Crippen molar-refractivity contribution in [1.82, 2.24) is 10.6 Å². The summed E-state index contributed by atoms with van der Waals surface area (Å²) < 4.78 is 41.3. The number of thiocarbonyl (C=S) groups is 1. The summed E-state index contributed by atoms with van der Waals surface area (Å²) in [5.41, 5.74) is -3.76. The Hall–Kier alpha value is -2.57. The molecule has 3 rings (SSSR count). The number of nitro benzene ring substituents is 1. The third-order valence-electron chi connectivity index (χ3n) is 4.32. The second kappa shape index (κ2) is 7.11. The van der Waals surface area contributed by atoms with Crippen molar-refractivity contribution in [3.63, 3.8) is 0 Å². The summed E-state index contributed by atoms with van der Waals surface area (Å²) in [6.07, 6.45) is -5.23. The first-order chi connectivity index (χ1) is 13.0. The van der Waals surface area contributed by atoms with Crippen LogP contribution in [0.15, 0.2) is 41.8 Å². The molecule has 0 bridgehead atoms. The number of halogens is 3. The molecule has 0 amide bonds. The molecule has 3 atom stereocenters. The molecule has 0 saturated carbocycles. The Kier molecular flexibility index (Phi) is 5.12. The fourth-order valence-electron chi connectivity index (χ4n) is 2.99. The van der Waals surface area contributed by atoms with E-state index < -0.39 is 39.7 Å². The molecule has 0 radical (unpaired) electrons. The zero-order valence-corrected chi connectivity index (χ0v) is 15.4. The minimum atomic E-state index is -5.23. The average Bonchev–Trinajstić information content (AvgIpc) is 3.14. The monoisotopic (exact) mass is 431 g/mol. The van der Waals surface area contributed by atoms with Gasteiger partial charge in [0.15, 0.2) is 10.9 Å². The lowest BCUT2D eigenvalue weighted by Gasteiger charge is -2.46. The van der Waals surface area contributed by atoms with Crippen molar-refractivity contribution in [1.29, 1.82) is 0 Å². The van der Waals surface area contributed by atoms with Crippen LogP contribution in [0.5, 0.6) is 0 Å². The van der Waals surface area contributed by atoms with Gasteiger partial charge in [0.1, 0.15) is 5.92 Å². The molecule has 2 heterocycles. The lowest BCUT2D eigenvalue weighted by molar-refractivity contribution is -0.384. The highest BCUT2D eigenvalue weighted by Crippen LogP contribution is 2.44. The van der Waals surface area contributed by atoms with Crippen LogP contribution in [0, 0.1) is 16.0 Å². The van der Waals surface area contributed by atoms with Crippen molar-refractivity contribution in [3.05, 3.63) is 62.3 Å². The maximum atomic E-state index is 13.8. The lowest BCUT2D eigenvalue weighted by Crippen LogP contribution is -2.72. The van der Waals surface area contributed by atoms with E-state index in [2.05, 4.69) is 5.32 Å². The topological polar surface area (TPSA) is 104 Å². The van der Waals surface area contributed by atoms with Crippen molar-refractivity contribution in [2.75, 3.05) is 0 Å². The quantitative estimate of drug-likeness (QED) is 0.296. The van der Waals surface area contributed by atoms with Crippen LogP contribution in [-0.4, -0.2) is 32.8 Å². The number of rotatable bonds is 4. The van der Waals surface area contributed by atoms with E-state index in [1.54, 1.807) is 5.32 Å². The molecule has 1 aromatic heterocycles. The predicted octanol–water partition coefficient (Wildman–Crippen LogP) is 2.93. The summed E-state index contributed by atoms with van der Waals surface area (Å²) >= 11 is 5.74. The van der Waals surface area contributed by atoms with Gasteiger partial charge in [-0.15, -0.1) is 11.3 Å². The van der Waals surface area contributed by atoms with Gasteiger partial charge in [-0.25, -0.2) is 0 Å². The van der Waals surface area contributed by atoms with Gasteiger partial charge in [0.25, 0.3) is 5.69 Å². The minimum absolute atomic E-state index is 0.0241. The molecule has 28 heavy (non-hydrogen) atoms. The molecule has 1 aromatic carbocycles. The molecular formula is C16H12F3N3O4S2. The van der Waals surface area contributed by atoms with Crippen molar-refractivity contribution < 1.29 is 28.0 Å². The lowest BCUT2D eigenvalue weighted by atomic mass is 9.78. The van der Waals surface area contributed by atoms with Gasteiger partial charge in [-0.2, -0.15) is 13.2 Å². The van der Waals surface area contributed by atoms with Gasteiger partial charge in [0.05, 0.1) is 15.8 Å². The molecule has 1 aliphatic rings. The van der Waals surface area contributed by atoms with Gasteiger partial charge in [-0.3, -0.25) is 14.9 Å². The maximum absolute atomic E-state index is 13.8. The van der Waals surface area contributed by atoms with E-state index in [4.69, 9.17) is 12.2 Å². The van der Waals surface area contributed by atoms with E-state index in [9.17, 15) is 33.2 Å². The molecule has 3 N–H and O–H groups in total. The molecule has 1 fully saturated rings. The number of nitrogens with one attached hydrogen (secondary N) is 2. The number of benzene rings is 1. The number of alkyl halides is 3. The summed E-state index contributed by atoms with van der Waals surface area (Å²) in [7, 11) is 0. The number of nitro groups is 1. The Morgan fingerprint density at radius 3 is 2.43 bits per heavy atom. The van der Waals surface area contributed by atoms with Crippen LogP contribution in [0.4, 0.5) is 18.9 Å². The normalized spacial score (nSPS) is 24.9. The molecule has 0 aliphatic carbocycles. The Labute approximate surface area is 165 Å². The van der Waals surface area contributed by atoms with Gasteiger partial charge in [-0.1, -0.05) is 18.2 Å². The van der Waals surface area contributed by atoms with Crippen LogP contribution in [0.3, 0.4) is 0 Å². The summed E-state index contributed by atoms with van der Waals surface area (Å²) in [5, 5.41) is 26.7. The van der Waals surface area contributed by atoms with E-state index >= 15 is 0 Å². The van der Waals surface area contributed by atoms with Gasteiger partial charge >= 0.3 is 6.18 Å². The summed E-state index contributed by atoms with van der Waals surface area (Å²) in [4.78, 5) is 23.1. The van der Waals surface area contributed by atoms with Crippen molar-refractivity contribution in [3.8, 4) is 0 Å². The number of hydrogen-bond acceptors (Lipinski definition) is 6. The number of aliphatic hydroxyl groups is 1. The van der Waals surface area contributed by atoms with Crippen LogP contribution in [0.2, 0.25) is 0 Å². The number of carbonyl (C=O) groups excluding carboxylic acids is 1. The minimum Gasteiger partial charge on any atom is -0.363 e. The predicted molar refractivity (Wildman–Crippen MR) is 97.9 cm³/mol. The van der Waals surface area contributed by atoms with Crippen LogP contribution < -0.4 is 10.6 Å². The first-order valence-electron chi connectivity index (χ1n) is 7.74. The number of thiophene rings is 1. The van der Waals surface area contributed by atoms with Crippen molar-refractivity contribution in [2.24, 2.45) is 5.92 Å². The third-order valence-corrected chi connectivity index (χ3v) is 5.42. The van der Waals surface area contributed by atoms with Crippen LogP contribution in [0.25, 0.3) is 0 Å². The standard InChI is InChI=1S/C16H12F3N3O4S2/c17-16(18,19)15(24)11(13(23)10-2-1-7-28-10)12(20-14(27)21-15)8-3-5-9(6-4-8)22(25)26/h1-7,11-12,24H,(H2,20,21,27)/t11-,12-,15+/m0/s1. The summed E-state index contributed by atoms with van der Waals surface area (Å²) in [5.74, 6) is -2.97. The molecule has 7 nitrogen and oxygen atoms in total. The fourth-order valence-corrected chi connectivity index (χ4v) is 3.98. The van der Waals surface area contributed by atoms with E-state index in [1.807, 2.05) is 0 Å². The molecule has 0 unspecified atom stereocenters. The van der Waals surface area contributed by atoms with Crippen molar-refractivity contribution >= 4 is 40.1 Å². The number of ketones is 1. The van der Waals surface area contributed by atoms with E-state index in [-0.39, 0.29) is 16.1 Å². The highest BCUT2D eigenvalue weighted by atomic mass is 32.1. The highest BCUT2D eigenvalue weighted by Gasteiger charge is 2.65. The van der Waals surface area contributed by atoms with Crippen LogP contribution >= 0.6 is 23.6 Å². The molecule has 0 spiro atoms. The number of carbonyl (C=O) groups is 1. The van der Waals surface area contributed by atoms with Gasteiger partial charge in [0, 0.05) is 12.1 Å². The molecule has 2 aromatic rings. The van der Waals surface area contributed by atoms with Crippen molar-refractivity contribution in [2.45, 2.75) is 17.9 Å². The number of hydrogen-bond donors (Lipinski definition) is 3. The zero-order valence-electron chi connectivity index (χ0n) is 13.8. The van der Waals surface area contributed by atoms with E-state index in [1.165, 1.54) is 29.6 Å². The number of non-ortho nitro benzene ring substituents is 1. The summed E-state index contributed by atoms with van der Waals surface area (Å²) in [6, 6.07) is 6.12. The molecule has 12 heteroatoms. The summed E-state index contributed by atoms with van der Waals surface area (Å²) in [6.45, 7) is 0. The third kappa shape index (κ3) is 3.45. The number of nitrogens with zero attached hydrogens (tertiary/aromatic N) is 1. The highest BCUT2D eigenvalue weighted by molar-refractivity contribution is 7.80. The van der Waals surface area contributed by atoms with Crippen LogP contribution in [0.1, 0.15) is 21.3 Å². The zero-order chi connectivity index (χ0) is 20.7. The molecule has 1 saturated heterocycles. The Morgan fingerprint density at radius 2 is 1.93 bits per heavy atom. The van der Waals surface area contributed by atoms with Crippen LogP contribution in [-0.2, 0) is 0 Å². The SMILES string of the molecule is O=C(c1cccs1)[C@@H]1[C@H](c2ccc([N+](=O)[O-])cc2)NC(=S)N[C@]1(O)C(F)(F)F. The smallest absolute Gasteiger partial charge is 0.363 e.